The number of urea groups is 1. The second-order valence-corrected chi connectivity index (χ2v) is 6.24. The number of amides is 2. The Hall–Kier alpha value is -1.75. The molecule has 22 heavy (non-hydrogen) atoms. The van der Waals surface area contributed by atoms with E-state index < -0.39 is 0 Å². The maximum absolute atomic E-state index is 12.1. The third-order valence-corrected chi connectivity index (χ3v) is 4.40. The maximum atomic E-state index is 12.1. The van der Waals surface area contributed by atoms with Crippen molar-refractivity contribution in [2.75, 3.05) is 32.1 Å². The van der Waals surface area contributed by atoms with Gasteiger partial charge in [0.1, 0.15) is 11.9 Å². The number of carbonyl (C=O) groups is 1. The normalized spacial score (nSPS) is 21.2. The number of benzene rings is 1. The van der Waals surface area contributed by atoms with E-state index in [1.165, 1.54) is 19.3 Å². The third kappa shape index (κ3) is 3.91. The van der Waals surface area contributed by atoms with E-state index in [0.29, 0.717) is 12.5 Å². The summed E-state index contributed by atoms with van der Waals surface area (Å²) >= 11 is 0. The molecule has 1 N–H and O–H groups in total. The first-order valence-corrected chi connectivity index (χ1v) is 8.07. The van der Waals surface area contributed by atoms with Crippen molar-refractivity contribution in [2.45, 2.75) is 31.8 Å². The van der Waals surface area contributed by atoms with Gasteiger partial charge < -0.3 is 19.7 Å². The van der Waals surface area contributed by atoms with Crippen LogP contribution in [0.4, 0.5) is 10.5 Å². The standard InChI is InChI=1S/C17H24N2O3/c1-19(11-13-3-2-4-13)17(20)18-14-5-7-15(8-6-14)22-16-9-10-21-12-16/h5-8,13,16H,2-4,9-12H2,1H3,(H,18,20)/t16-/m1/s1. The minimum atomic E-state index is -0.0511. The number of nitrogens with one attached hydrogen (secondary N) is 1. The highest BCUT2D eigenvalue weighted by Gasteiger charge is 2.21. The molecule has 1 aliphatic carbocycles. The zero-order valence-corrected chi connectivity index (χ0v) is 13.1. The van der Waals surface area contributed by atoms with Gasteiger partial charge in [0.15, 0.2) is 0 Å². The molecule has 0 aromatic heterocycles. The Morgan fingerprint density at radius 1 is 1.32 bits per heavy atom. The zero-order chi connectivity index (χ0) is 15.4. The number of rotatable bonds is 5. The van der Waals surface area contributed by atoms with E-state index in [0.717, 1.165) is 31.0 Å². The largest absolute Gasteiger partial charge is 0.488 e. The summed E-state index contributed by atoms with van der Waals surface area (Å²) in [5.41, 5.74) is 0.792. The van der Waals surface area contributed by atoms with Crippen molar-refractivity contribution >= 4 is 11.7 Å². The highest BCUT2D eigenvalue weighted by molar-refractivity contribution is 5.89. The molecule has 5 nitrogen and oxygen atoms in total. The van der Waals surface area contributed by atoms with Gasteiger partial charge in [0.25, 0.3) is 0 Å². The first-order valence-electron chi connectivity index (χ1n) is 8.07. The van der Waals surface area contributed by atoms with E-state index in [-0.39, 0.29) is 12.1 Å². The minimum absolute atomic E-state index is 0.0511. The molecule has 0 unspecified atom stereocenters. The molecule has 0 radical (unpaired) electrons. The fraction of sp³-hybridized carbons (Fsp3) is 0.588. The molecule has 1 atom stereocenters. The fourth-order valence-corrected chi connectivity index (χ4v) is 2.78. The van der Waals surface area contributed by atoms with Gasteiger partial charge in [0.05, 0.1) is 13.2 Å². The summed E-state index contributed by atoms with van der Waals surface area (Å²) in [5.74, 6) is 1.50. The van der Waals surface area contributed by atoms with Gasteiger partial charge in [-0.15, -0.1) is 0 Å². The van der Waals surface area contributed by atoms with Gasteiger partial charge in [-0.2, -0.15) is 0 Å². The van der Waals surface area contributed by atoms with Gasteiger partial charge in [0.2, 0.25) is 0 Å². The number of anilines is 1. The average molecular weight is 304 g/mol. The monoisotopic (exact) mass is 304 g/mol. The zero-order valence-electron chi connectivity index (χ0n) is 13.1. The van der Waals surface area contributed by atoms with Crippen LogP contribution in [0.1, 0.15) is 25.7 Å². The summed E-state index contributed by atoms with van der Waals surface area (Å²) in [7, 11) is 1.85. The van der Waals surface area contributed by atoms with E-state index in [4.69, 9.17) is 9.47 Å². The molecule has 120 valence electrons. The number of carbonyl (C=O) groups excluding carboxylic acids is 1. The van der Waals surface area contributed by atoms with E-state index in [2.05, 4.69) is 5.32 Å². The first-order chi connectivity index (χ1) is 10.7. The van der Waals surface area contributed by atoms with Crippen molar-refractivity contribution in [2.24, 2.45) is 5.92 Å². The fourth-order valence-electron chi connectivity index (χ4n) is 2.78. The van der Waals surface area contributed by atoms with E-state index in [1.807, 2.05) is 31.3 Å². The van der Waals surface area contributed by atoms with Gasteiger partial charge >= 0.3 is 6.03 Å². The molecule has 5 heteroatoms. The Morgan fingerprint density at radius 3 is 2.68 bits per heavy atom. The van der Waals surface area contributed by atoms with Crippen LogP contribution in [-0.2, 0) is 4.74 Å². The molecule has 3 rings (SSSR count). The molecule has 1 heterocycles. The predicted molar refractivity (Wildman–Crippen MR) is 85.3 cm³/mol. The van der Waals surface area contributed by atoms with Crippen LogP contribution in [0.3, 0.4) is 0 Å². The Morgan fingerprint density at radius 2 is 2.09 bits per heavy atom. The van der Waals surface area contributed by atoms with Crippen LogP contribution in [0.5, 0.6) is 5.75 Å². The molecule has 1 aromatic rings. The lowest BCUT2D eigenvalue weighted by atomic mass is 9.85. The summed E-state index contributed by atoms with van der Waals surface area (Å²) in [6, 6.07) is 7.48. The summed E-state index contributed by atoms with van der Waals surface area (Å²) in [5, 5.41) is 2.92. The summed E-state index contributed by atoms with van der Waals surface area (Å²) < 4.78 is 11.1. The van der Waals surface area contributed by atoms with Crippen molar-refractivity contribution < 1.29 is 14.3 Å². The summed E-state index contributed by atoms with van der Waals surface area (Å²) in [4.78, 5) is 13.9. The Bertz CT molecular complexity index is 493. The molecule has 1 aromatic carbocycles. The molecule has 1 saturated heterocycles. The topological polar surface area (TPSA) is 50.8 Å². The van der Waals surface area contributed by atoms with Crippen molar-refractivity contribution in [3.8, 4) is 5.75 Å². The highest BCUT2D eigenvalue weighted by Crippen LogP contribution is 2.27. The van der Waals surface area contributed by atoms with Crippen LogP contribution in [0.25, 0.3) is 0 Å². The molecule has 2 fully saturated rings. The number of nitrogens with zero attached hydrogens (tertiary/aromatic N) is 1. The predicted octanol–water partition coefficient (Wildman–Crippen LogP) is 3.12. The van der Waals surface area contributed by atoms with Gasteiger partial charge in [-0.25, -0.2) is 4.79 Å². The molecule has 2 aliphatic rings. The van der Waals surface area contributed by atoms with Crippen molar-refractivity contribution in [1.29, 1.82) is 0 Å². The van der Waals surface area contributed by atoms with Gasteiger partial charge in [-0.3, -0.25) is 0 Å². The first kappa shape index (κ1) is 15.2. The van der Waals surface area contributed by atoms with Crippen LogP contribution in [0.2, 0.25) is 0 Å². The Kier molecular flexibility index (Phi) is 4.83. The van der Waals surface area contributed by atoms with Gasteiger partial charge in [-0.05, 0) is 43.0 Å². The maximum Gasteiger partial charge on any atom is 0.321 e. The molecule has 1 saturated carbocycles. The lowest BCUT2D eigenvalue weighted by Gasteiger charge is -2.30. The number of hydrogen-bond acceptors (Lipinski definition) is 3. The smallest absolute Gasteiger partial charge is 0.321 e. The van der Waals surface area contributed by atoms with Crippen LogP contribution >= 0.6 is 0 Å². The van der Waals surface area contributed by atoms with Gasteiger partial charge in [0, 0.05) is 25.7 Å². The second kappa shape index (κ2) is 7.01. The van der Waals surface area contributed by atoms with Crippen LogP contribution < -0.4 is 10.1 Å². The number of ether oxygens (including phenoxy) is 2. The SMILES string of the molecule is CN(CC1CCC1)C(=O)Nc1ccc(O[C@@H]2CCOC2)cc1. The quantitative estimate of drug-likeness (QED) is 0.909. The Labute approximate surface area is 131 Å². The van der Waals surface area contributed by atoms with Crippen molar-refractivity contribution in [1.82, 2.24) is 4.90 Å². The van der Waals surface area contributed by atoms with Gasteiger partial charge in [-0.1, -0.05) is 6.42 Å². The molecular weight excluding hydrogens is 280 g/mol. The third-order valence-electron chi connectivity index (χ3n) is 4.40. The highest BCUT2D eigenvalue weighted by atomic mass is 16.5. The minimum Gasteiger partial charge on any atom is -0.488 e. The molecule has 1 aliphatic heterocycles. The molecule has 0 bridgehead atoms. The number of hydrogen-bond donors (Lipinski definition) is 1. The lowest BCUT2D eigenvalue weighted by molar-refractivity contribution is 0.141. The summed E-state index contributed by atoms with van der Waals surface area (Å²) in [6.45, 7) is 2.27. The molecule has 2 amide bonds. The van der Waals surface area contributed by atoms with Crippen LogP contribution in [0.15, 0.2) is 24.3 Å². The van der Waals surface area contributed by atoms with Crippen LogP contribution in [0, 0.1) is 5.92 Å². The van der Waals surface area contributed by atoms with E-state index in [9.17, 15) is 4.79 Å². The van der Waals surface area contributed by atoms with Crippen molar-refractivity contribution in [3.05, 3.63) is 24.3 Å². The summed E-state index contributed by atoms with van der Waals surface area (Å²) in [6.07, 6.45) is 4.87. The van der Waals surface area contributed by atoms with E-state index >= 15 is 0 Å². The average Bonchev–Trinajstić information content (AvgIpc) is 2.97. The second-order valence-electron chi connectivity index (χ2n) is 6.24. The molecule has 0 spiro atoms. The van der Waals surface area contributed by atoms with Crippen LogP contribution in [-0.4, -0.2) is 43.8 Å². The Balaban J connectivity index is 1.48. The molecular formula is C17H24N2O3. The van der Waals surface area contributed by atoms with E-state index in [1.54, 1.807) is 4.90 Å². The lowest BCUT2D eigenvalue weighted by Crippen LogP contribution is -2.37. The van der Waals surface area contributed by atoms with Crippen molar-refractivity contribution in [3.63, 3.8) is 0 Å².